The molecule has 1 aromatic carbocycles. The fourth-order valence-corrected chi connectivity index (χ4v) is 4.04. The molecule has 1 heterocycles. The summed E-state index contributed by atoms with van der Waals surface area (Å²) in [6, 6.07) is 7.43. The van der Waals surface area contributed by atoms with Crippen molar-refractivity contribution in [3.05, 3.63) is 28.2 Å². The van der Waals surface area contributed by atoms with Gasteiger partial charge in [-0.2, -0.15) is 0 Å². The third kappa shape index (κ3) is 3.02. The minimum absolute atomic E-state index is 0.594. The van der Waals surface area contributed by atoms with E-state index < -0.39 is 0 Å². The number of hydrogen-bond acceptors (Lipinski definition) is 3. The van der Waals surface area contributed by atoms with Crippen molar-refractivity contribution in [2.45, 2.75) is 38.3 Å². The van der Waals surface area contributed by atoms with Gasteiger partial charge in [-0.15, -0.1) is 0 Å². The van der Waals surface area contributed by atoms with Gasteiger partial charge in [-0.25, -0.2) is 0 Å². The lowest BCUT2D eigenvalue weighted by Gasteiger charge is -2.39. The van der Waals surface area contributed by atoms with E-state index in [-0.39, 0.29) is 0 Å². The number of nitrogens with two attached hydrogens (primary N) is 1. The number of anilines is 1. The van der Waals surface area contributed by atoms with Gasteiger partial charge in [0.1, 0.15) is 0 Å². The monoisotopic (exact) mass is 337 g/mol. The van der Waals surface area contributed by atoms with Crippen LogP contribution in [0.15, 0.2) is 22.7 Å². The molecule has 0 amide bonds. The molecule has 0 aromatic heterocycles. The molecular formula is C16H24BrN3. The first-order valence-electron chi connectivity index (χ1n) is 7.75. The predicted octanol–water partition coefficient (Wildman–Crippen LogP) is 2.97. The molecule has 20 heavy (non-hydrogen) atoms. The lowest BCUT2D eigenvalue weighted by atomic mass is 10.1. The highest BCUT2D eigenvalue weighted by Crippen LogP contribution is 2.27. The lowest BCUT2D eigenvalue weighted by molar-refractivity contribution is 0.187. The average Bonchev–Trinajstić information content (AvgIpc) is 3.01. The van der Waals surface area contributed by atoms with E-state index in [0.717, 1.165) is 23.6 Å². The molecule has 0 radical (unpaired) electrons. The molecule has 2 fully saturated rings. The Balaban J connectivity index is 1.61. The smallest absolute Gasteiger partial charge is 0.0378 e. The highest BCUT2D eigenvalue weighted by Gasteiger charge is 2.26. The van der Waals surface area contributed by atoms with Crippen molar-refractivity contribution in [3.8, 4) is 0 Å². The molecule has 2 N–H and O–H groups in total. The van der Waals surface area contributed by atoms with E-state index in [1.165, 1.54) is 50.0 Å². The Kier molecular flexibility index (Phi) is 4.64. The maximum absolute atomic E-state index is 5.72. The van der Waals surface area contributed by atoms with Crippen LogP contribution in [-0.2, 0) is 6.54 Å². The molecule has 1 aliphatic carbocycles. The van der Waals surface area contributed by atoms with Crippen LogP contribution in [0, 0.1) is 0 Å². The average molecular weight is 338 g/mol. The molecule has 110 valence electrons. The molecule has 1 saturated heterocycles. The Morgan fingerprint density at radius 2 is 1.80 bits per heavy atom. The number of rotatable bonds is 3. The van der Waals surface area contributed by atoms with Crippen molar-refractivity contribution in [1.82, 2.24) is 4.90 Å². The summed E-state index contributed by atoms with van der Waals surface area (Å²) in [4.78, 5) is 5.20. The van der Waals surface area contributed by atoms with Gasteiger partial charge in [0.25, 0.3) is 0 Å². The van der Waals surface area contributed by atoms with E-state index >= 15 is 0 Å². The van der Waals surface area contributed by atoms with Crippen LogP contribution in [0.25, 0.3) is 0 Å². The minimum Gasteiger partial charge on any atom is -0.369 e. The van der Waals surface area contributed by atoms with Crippen LogP contribution in [0.4, 0.5) is 5.69 Å². The summed E-state index contributed by atoms with van der Waals surface area (Å²) >= 11 is 3.62. The summed E-state index contributed by atoms with van der Waals surface area (Å²) in [7, 11) is 0. The fourth-order valence-electron chi connectivity index (χ4n) is 3.51. The minimum atomic E-state index is 0.594. The van der Waals surface area contributed by atoms with Crippen LogP contribution in [0.2, 0.25) is 0 Å². The highest BCUT2D eigenvalue weighted by atomic mass is 79.9. The van der Waals surface area contributed by atoms with E-state index in [1.54, 1.807) is 0 Å². The largest absolute Gasteiger partial charge is 0.369 e. The molecule has 4 heteroatoms. The van der Waals surface area contributed by atoms with Gasteiger partial charge < -0.3 is 10.6 Å². The number of hydrogen-bond donors (Lipinski definition) is 1. The van der Waals surface area contributed by atoms with E-state index in [4.69, 9.17) is 5.73 Å². The standard InChI is InChI=1S/C16H24BrN3/c17-16-11-15(6-5-13(16)12-18)20-9-7-19(8-10-20)14-3-1-2-4-14/h5-6,11,14H,1-4,7-10,12,18H2. The van der Waals surface area contributed by atoms with Crippen molar-refractivity contribution >= 4 is 21.6 Å². The highest BCUT2D eigenvalue weighted by molar-refractivity contribution is 9.10. The van der Waals surface area contributed by atoms with Gasteiger partial charge in [0.15, 0.2) is 0 Å². The van der Waals surface area contributed by atoms with E-state index in [2.05, 4.69) is 43.9 Å². The molecule has 3 rings (SSSR count). The third-order valence-electron chi connectivity index (χ3n) is 4.78. The summed E-state index contributed by atoms with van der Waals surface area (Å²) in [6.45, 7) is 5.30. The van der Waals surface area contributed by atoms with E-state index in [0.29, 0.717) is 6.54 Å². The molecule has 1 aromatic rings. The molecule has 0 atom stereocenters. The molecule has 1 saturated carbocycles. The van der Waals surface area contributed by atoms with Crippen molar-refractivity contribution in [3.63, 3.8) is 0 Å². The topological polar surface area (TPSA) is 32.5 Å². The van der Waals surface area contributed by atoms with Crippen LogP contribution in [0.3, 0.4) is 0 Å². The van der Waals surface area contributed by atoms with Crippen LogP contribution in [-0.4, -0.2) is 37.1 Å². The second-order valence-electron chi connectivity index (χ2n) is 5.94. The van der Waals surface area contributed by atoms with Crippen molar-refractivity contribution < 1.29 is 0 Å². The van der Waals surface area contributed by atoms with Crippen LogP contribution in [0.5, 0.6) is 0 Å². The van der Waals surface area contributed by atoms with Crippen LogP contribution >= 0.6 is 15.9 Å². The maximum Gasteiger partial charge on any atom is 0.0378 e. The Morgan fingerprint density at radius 1 is 1.10 bits per heavy atom. The molecule has 0 spiro atoms. The molecule has 0 unspecified atom stereocenters. The number of benzene rings is 1. The van der Waals surface area contributed by atoms with E-state index in [1.807, 2.05) is 0 Å². The van der Waals surface area contributed by atoms with Gasteiger partial charge in [0.05, 0.1) is 0 Å². The summed E-state index contributed by atoms with van der Waals surface area (Å²) in [6.07, 6.45) is 5.68. The zero-order valence-electron chi connectivity index (χ0n) is 12.0. The van der Waals surface area contributed by atoms with Crippen molar-refractivity contribution in [1.29, 1.82) is 0 Å². The number of halogens is 1. The normalized spacial score (nSPS) is 21.6. The summed E-state index contributed by atoms with van der Waals surface area (Å²) in [5, 5.41) is 0. The quantitative estimate of drug-likeness (QED) is 0.920. The van der Waals surface area contributed by atoms with Gasteiger partial charge in [0.2, 0.25) is 0 Å². The van der Waals surface area contributed by atoms with E-state index in [9.17, 15) is 0 Å². The van der Waals surface area contributed by atoms with Gasteiger partial charge in [0, 0.05) is 48.9 Å². The first kappa shape index (κ1) is 14.4. The third-order valence-corrected chi connectivity index (χ3v) is 5.52. The second-order valence-corrected chi connectivity index (χ2v) is 6.80. The zero-order valence-corrected chi connectivity index (χ0v) is 13.6. The Morgan fingerprint density at radius 3 is 2.40 bits per heavy atom. The zero-order chi connectivity index (χ0) is 13.9. The molecule has 1 aliphatic heterocycles. The van der Waals surface area contributed by atoms with Crippen LogP contribution < -0.4 is 10.6 Å². The predicted molar refractivity (Wildman–Crippen MR) is 88.1 cm³/mol. The van der Waals surface area contributed by atoms with Gasteiger partial charge >= 0.3 is 0 Å². The molecule has 3 nitrogen and oxygen atoms in total. The molecule has 2 aliphatic rings. The summed E-state index contributed by atoms with van der Waals surface area (Å²) < 4.78 is 1.13. The first-order valence-corrected chi connectivity index (χ1v) is 8.55. The van der Waals surface area contributed by atoms with Gasteiger partial charge in [-0.3, -0.25) is 4.90 Å². The Labute approximate surface area is 130 Å². The SMILES string of the molecule is NCc1ccc(N2CCN(C3CCCC3)CC2)cc1Br. The Bertz CT molecular complexity index is 449. The Hall–Kier alpha value is -0.580. The first-order chi connectivity index (χ1) is 9.78. The molecular weight excluding hydrogens is 314 g/mol. The maximum atomic E-state index is 5.72. The van der Waals surface area contributed by atoms with Gasteiger partial charge in [-0.05, 0) is 30.5 Å². The number of piperazine rings is 1. The van der Waals surface area contributed by atoms with Crippen LogP contribution in [0.1, 0.15) is 31.2 Å². The summed E-state index contributed by atoms with van der Waals surface area (Å²) in [5.74, 6) is 0. The number of nitrogens with zero attached hydrogens (tertiary/aromatic N) is 2. The van der Waals surface area contributed by atoms with Gasteiger partial charge in [-0.1, -0.05) is 34.8 Å². The van der Waals surface area contributed by atoms with Crippen molar-refractivity contribution in [2.75, 3.05) is 31.1 Å². The summed E-state index contributed by atoms with van der Waals surface area (Å²) in [5.41, 5.74) is 8.22. The van der Waals surface area contributed by atoms with Crippen molar-refractivity contribution in [2.24, 2.45) is 5.73 Å². The molecule has 0 bridgehead atoms. The lowest BCUT2D eigenvalue weighted by Crippen LogP contribution is -2.49. The fraction of sp³-hybridized carbons (Fsp3) is 0.625. The second kappa shape index (κ2) is 6.46.